The second-order valence-corrected chi connectivity index (χ2v) is 4.42. The van der Waals surface area contributed by atoms with Gasteiger partial charge in [-0.1, -0.05) is 4.49 Å². The van der Waals surface area contributed by atoms with Crippen LogP contribution in [0.2, 0.25) is 0 Å². The molecule has 82 valence electrons. The Balaban J connectivity index is 2.18. The predicted octanol–water partition coefficient (Wildman–Crippen LogP) is 0.443. The molecule has 0 spiro atoms. The van der Waals surface area contributed by atoms with E-state index in [2.05, 4.69) is 9.59 Å². The molecule has 2 heterocycles. The molecule has 5 nitrogen and oxygen atoms in total. The van der Waals surface area contributed by atoms with Gasteiger partial charge < -0.3 is 10.0 Å². The number of aryl methyl sites for hydroxylation is 1. The van der Waals surface area contributed by atoms with Crippen LogP contribution in [-0.4, -0.2) is 44.7 Å². The van der Waals surface area contributed by atoms with Crippen LogP contribution in [0.25, 0.3) is 0 Å². The number of aliphatic hydroxyl groups excluding tert-OH is 1. The van der Waals surface area contributed by atoms with Crippen LogP contribution in [0.5, 0.6) is 0 Å². The van der Waals surface area contributed by atoms with Crippen molar-refractivity contribution in [3.05, 3.63) is 10.6 Å². The van der Waals surface area contributed by atoms with Crippen molar-refractivity contribution in [3.63, 3.8) is 0 Å². The average Bonchev–Trinajstić information content (AvgIpc) is 2.84. The topological polar surface area (TPSA) is 66.3 Å². The minimum atomic E-state index is -0.0425. The van der Waals surface area contributed by atoms with Crippen molar-refractivity contribution >= 4 is 17.4 Å². The summed E-state index contributed by atoms with van der Waals surface area (Å²) < 4.78 is 3.75. The molecule has 1 aromatic rings. The Labute approximate surface area is 91.9 Å². The molecule has 1 atom stereocenters. The predicted molar refractivity (Wildman–Crippen MR) is 55.8 cm³/mol. The van der Waals surface area contributed by atoms with Gasteiger partial charge in [-0.25, -0.2) is 0 Å². The van der Waals surface area contributed by atoms with Crippen molar-refractivity contribution in [1.29, 1.82) is 0 Å². The van der Waals surface area contributed by atoms with E-state index in [1.807, 2.05) is 0 Å². The zero-order valence-electron chi connectivity index (χ0n) is 8.51. The first-order valence-corrected chi connectivity index (χ1v) is 5.72. The minimum absolute atomic E-state index is 0.0287. The summed E-state index contributed by atoms with van der Waals surface area (Å²) in [5.74, 6) is -0.0425. The van der Waals surface area contributed by atoms with Crippen molar-refractivity contribution in [2.24, 2.45) is 0 Å². The standard InChI is InChI=1S/C9H13N3O2S/c1-6-8(15-11-10-6)9(14)12-4-2-3-7(12)5-13/h7,13H,2-5H2,1H3/t7-/m1/s1. The number of likely N-dealkylation sites (tertiary alicyclic amines) is 1. The SMILES string of the molecule is Cc1nnsc1C(=O)N1CCC[C@@H]1CO. The van der Waals surface area contributed by atoms with Crippen LogP contribution in [0.4, 0.5) is 0 Å². The van der Waals surface area contributed by atoms with Gasteiger partial charge in [-0.15, -0.1) is 5.10 Å². The fourth-order valence-electron chi connectivity index (χ4n) is 1.85. The summed E-state index contributed by atoms with van der Waals surface area (Å²) in [6.07, 6.45) is 1.84. The molecule has 6 heteroatoms. The lowest BCUT2D eigenvalue weighted by Crippen LogP contribution is -2.37. The Morgan fingerprint density at radius 2 is 2.53 bits per heavy atom. The molecule has 2 rings (SSSR count). The first-order chi connectivity index (χ1) is 7.24. The number of carbonyl (C=O) groups excluding carboxylic acids is 1. The molecule has 15 heavy (non-hydrogen) atoms. The smallest absolute Gasteiger partial charge is 0.267 e. The molecule has 1 amide bonds. The second kappa shape index (κ2) is 4.24. The molecule has 0 aliphatic carbocycles. The molecule has 1 aromatic heterocycles. The van der Waals surface area contributed by atoms with Gasteiger partial charge in [0.1, 0.15) is 4.88 Å². The maximum atomic E-state index is 12.0. The van der Waals surface area contributed by atoms with Crippen molar-refractivity contribution in [3.8, 4) is 0 Å². The van der Waals surface area contributed by atoms with E-state index >= 15 is 0 Å². The molecule has 0 unspecified atom stereocenters. The molecular formula is C9H13N3O2S. The monoisotopic (exact) mass is 227 g/mol. The summed E-state index contributed by atoms with van der Waals surface area (Å²) >= 11 is 1.12. The lowest BCUT2D eigenvalue weighted by atomic mass is 10.2. The van der Waals surface area contributed by atoms with E-state index in [9.17, 15) is 4.79 Å². The zero-order valence-corrected chi connectivity index (χ0v) is 9.33. The van der Waals surface area contributed by atoms with Gasteiger partial charge in [0, 0.05) is 6.54 Å². The Kier molecular flexibility index (Phi) is 2.97. The fourth-order valence-corrected chi connectivity index (χ4v) is 2.46. The van der Waals surface area contributed by atoms with Crippen LogP contribution >= 0.6 is 11.5 Å². The van der Waals surface area contributed by atoms with Crippen molar-refractivity contribution in [1.82, 2.24) is 14.5 Å². The summed E-state index contributed by atoms with van der Waals surface area (Å²) in [5.41, 5.74) is 0.675. The molecule has 0 radical (unpaired) electrons. The molecule has 1 N–H and O–H groups in total. The van der Waals surface area contributed by atoms with Gasteiger partial charge in [-0.2, -0.15) is 0 Å². The van der Waals surface area contributed by atoms with Crippen LogP contribution in [0.15, 0.2) is 0 Å². The number of aromatic nitrogens is 2. The number of carbonyl (C=O) groups is 1. The van der Waals surface area contributed by atoms with Gasteiger partial charge in [0.25, 0.3) is 5.91 Å². The van der Waals surface area contributed by atoms with E-state index in [1.54, 1.807) is 11.8 Å². The van der Waals surface area contributed by atoms with Crippen LogP contribution in [0.1, 0.15) is 28.2 Å². The lowest BCUT2D eigenvalue weighted by Gasteiger charge is -2.22. The Hall–Kier alpha value is -1.01. The van der Waals surface area contributed by atoms with Gasteiger partial charge in [-0.05, 0) is 31.3 Å². The number of hydrogen-bond acceptors (Lipinski definition) is 5. The molecule has 1 aliphatic rings. The van der Waals surface area contributed by atoms with Crippen molar-refractivity contribution in [2.45, 2.75) is 25.8 Å². The van der Waals surface area contributed by atoms with E-state index in [0.29, 0.717) is 10.6 Å². The van der Waals surface area contributed by atoms with E-state index in [4.69, 9.17) is 5.11 Å². The molecule has 1 aliphatic heterocycles. The first-order valence-electron chi connectivity index (χ1n) is 4.95. The Bertz CT molecular complexity index is 366. The number of amides is 1. The number of aliphatic hydroxyl groups is 1. The quantitative estimate of drug-likeness (QED) is 0.796. The fraction of sp³-hybridized carbons (Fsp3) is 0.667. The second-order valence-electron chi connectivity index (χ2n) is 3.66. The van der Waals surface area contributed by atoms with E-state index in [-0.39, 0.29) is 18.6 Å². The molecule has 0 aromatic carbocycles. The number of hydrogen-bond donors (Lipinski definition) is 1. The normalized spacial score (nSPS) is 20.9. The van der Waals surface area contributed by atoms with Crippen molar-refractivity contribution < 1.29 is 9.90 Å². The maximum absolute atomic E-state index is 12.0. The Morgan fingerprint density at radius 1 is 1.73 bits per heavy atom. The third kappa shape index (κ3) is 1.87. The van der Waals surface area contributed by atoms with E-state index in [0.717, 1.165) is 30.9 Å². The van der Waals surface area contributed by atoms with Crippen LogP contribution in [-0.2, 0) is 0 Å². The highest BCUT2D eigenvalue weighted by Crippen LogP contribution is 2.21. The van der Waals surface area contributed by atoms with E-state index < -0.39 is 0 Å². The maximum Gasteiger partial charge on any atom is 0.267 e. The van der Waals surface area contributed by atoms with Crippen molar-refractivity contribution in [2.75, 3.05) is 13.2 Å². The van der Waals surface area contributed by atoms with Gasteiger partial charge in [0.2, 0.25) is 0 Å². The van der Waals surface area contributed by atoms with Crippen LogP contribution < -0.4 is 0 Å². The van der Waals surface area contributed by atoms with Gasteiger partial charge in [0.05, 0.1) is 18.3 Å². The van der Waals surface area contributed by atoms with Crippen LogP contribution in [0, 0.1) is 6.92 Å². The molecule has 0 saturated carbocycles. The van der Waals surface area contributed by atoms with Crippen LogP contribution in [0.3, 0.4) is 0 Å². The highest BCUT2D eigenvalue weighted by molar-refractivity contribution is 7.07. The zero-order chi connectivity index (χ0) is 10.8. The largest absolute Gasteiger partial charge is 0.394 e. The number of nitrogens with zero attached hydrogens (tertiary/aromatic N) is 3. The Morgan fingerprint density at radius 3 is 3.13 bits per heavy atom. The van der Waals surface area contributed by atoms with Gasteiger partial charge in [0.15, 0.2) is 0 Å². The third-order valence-electron chi connectivity index (χ3n) is 2.69. The van der Waals surface area contributed by atoms with Gasteiger partial charge in [-0.3, -0.25) is 4.79 Å². The summed E-state index contributed by atoms with van der Waals surface area (Å²) in [6.45, 7) is 2.54. The summed E-state index contributed by atoms with van der Waals surface area (Å²) in [5, 5.41) is 12.9. The molecule has 1 fully saturated rings. The lowest BCUT2D eigenvalue weighted by molar-refractivity contribution is 0.0681. The highest BCUT2D eigenvalue weighted by atomic mass is 32.1. The minimum Gasteiger partial charge on any atom is -0.394 e. The number of rotatable bonds is 2. The molecular weight excluding hydrogens is 214 g/mol. The summed E-state index contributed by atoms with van der Waals surface area (Å²) in [6, 6.07) is -0.0287. The summed E-state index contributed by atoms with van der Waals surface area (Å²) in [4.78, 5) is 14.4. The van der Waals surface area contributed by atoms with Gasteiger partial charge >= 0.3 is 0 Å². The summed E-state index contributed by atoms with van der Waals surface area (Å²) in [7, 11) is 0. The van der Waals surface area contributed by atoms with E-state index in [1.165, 1.54) is 0 Å². The molecule has 1 saturated heterocycles. The highest BCUT2D eigenvalue weighted by Gasteiger charge is 2.30. The third-order valence-corrected chi connectivity index (χ3v) is 3.51. The molecule has 0 bridgehead atoms. The first kappa shape index (κ1) is 10.5. The average molecular weight is 227 g/mol.